The van der Waals surface area contributed by atoms with Crippen LogP contribution in [0.15, 0.2) is 24.3 Å². The van der Waals surface area contributed by atoms with Crippen molar-refractivity contribution in [3.63, 3.8) is 0 Å². The molecule has 4 heteroatoms. The summed E-state index contributed by atoms with van der Waals surface area (Å²) in [5.41, 5.74) is 2.42. The lowest BCUT2D eigenvalue weighted by molar-refractivity contribution is -0.148. The van der Waals surface area contributed by atoms with Gasteiger partial charge in [-0.3, -0.25) is 9.69 Å². The highest BCUT2D eigenvalue weighted by molar-refractivity contribution is 5.71. The minimum Gasteiger partial charge on any atom is -0.481 e. The van der Waals surface area contributed by atoms with Crippen LogP contribution in [0.5, 0.6) is 0 Å². The molecule has 1 N–H and O–H groups in total. The zero-order valence-electron chi connectivity index (χ0n) is 11.1. The summed E-state index contributed by atoms with van der Waals surface area (Å²) in [5.74, 6) is -0.866. The van der Waals surface area contributed by atoms with Gasteiger partial charge in [0.2, 0.25) is 0 Å². The van der Waals surface area contributed by atoms with Gasteiger partial charge in [-0.05, 0) is 24.6 Å². The fourth-order valence-electron chi connectivity index (χ4n) is 2.25. The number of nitrogens with zero attached hydrogens (tertiary/aromatic N) is 2. The van der Waals surface area contributed by atoms with E-state index in [1.54, 1.807) is 0 Å². The van der Waals surface area contributed by atoms with Gasteiger partial charge in [-0.15, -0.1) is 0 Å². The Morgan fingerprint density at radius 2 is 1.89 bits per heavy atom. The first-order valence-electron chi connectivity index (χ1n) is 6.23. The molecule has 0 saturated carbocycles. The van der Waals surface area contributed by atoms with Crippen LogP contribution >= 0.6 is 0 Å². The Morgan fingerprint density at radius 3 is 2.33 bits per heavy atom. The maximum absolute atomic E-state index is 10.8. The van der Waals surface area contributed by atoms with Gasteiger partial charge in [0.1, 0.15) is 0 Å². The second-order valence-electron chi connectivity index (χ2n) is 5.15. The van der Waals surface area contributed by atoms with E-state index in [1.165, 1.54) is 11.3 Å². The molecule has 1 fully saturated rings. The van der Waals surface area contributed by atoms with Crippen LogP contribution in [0.3, 0.4) is 0 Å². The van der Waals surface area contributed by atoms with Crippen LogP contribution in [0.4, 0.5) is 5.69 Å². The molecule has 98 valence electrons. The number of hydrogen-bond acceptors (Lipinski definition) is 3. The van der Waals surface area contributed by atoms with E-state index in [4.69, 9.17) is 5.11 Å². The first-order chi connectivity index (χ1) is 8.49. The van der Waals surface area contributed by atoms with Gasteiger partial charge in [0.15, 0.2) is 0 Å². The molecule has 1 aliphatic rings. The summed E-state index contributed by atoms with van der Waals surface area (Å²) in [7, 11) is 4.04. The number of anilines is 1. The Labute approximate surface area is 108 Å². The maximum Gasteiger partial charge on any atom is 0.309 e. The van der Waals surface area contributed by atoms with Crippen LogP contribution in [0.1, 0.15) is 18.5 Å². The van der Waals surface area contributed by atoms with Crippen molar-refractivity contribution in [3.8, 4) is 0 Å². The molecule has 4 nitrogen and oxygen atoms in total. The predicted octanol–water partition coefficient (Wildman–Crippen LogP) is 1.83. The molecule has 0 amide bonds. The van der Waals surface area contributed by atoms with Crippen molar-refractivity contribution in [2.75, 3.05) is 32.1 Å². The average Bonchev–Trinajstić information content (AvgIpc) is 2.26. The molecule has 0 spiro atoms. The highest BCUT2D eigenvalue weighted by Gasteiger charge is 2.35. The summed E-state index contributed by atoms with van der Waals surface area (Å²) in [6.45, 7) is 3.45. The second kappa shape index (κ2) is 4.98. The highest BCUT2D eigenvalue weighted by Crippen LogP contribution is 2.29. The molecule has 0 aliphatic carbocycles. The van der Waals surface area contributed by atoms with Gasteiger partial charge >= 0.3 is 5.97 Å². The van der Waals surface area contributed by atoms with Crippen molar-refractivity contribution in [3.05, 3.63) is 29.8 Å². The number of hydrogen-bond donors (Lipinski definition) is 1. The smallest absolute Gasteiger partial charge is 0.309 e. The largest absolute Gasteiger partial charge is 0.481 e. The summed E-state index contributed by atoms with van der Waals surface area (Å²) in [4.78, 5) is 15.0. The topological polar surface area (TPSA) is 43.8 Å². The molecule has 1 atom stereocenters. The molecule has 1 aromatic carbocycles. The lowest BCUT2D eigenvalue weighted by Gasteiger charge is -2.41. The van der Waals surface area contributed by atoms with Crippen LogP contribution in [-0.4, -0.2) is 43.2 Å². The number of carboxylic acids is 1. The van der Waals surface area contributed by atoms with E-state index in [0.29, 0.717) is 13.1 Å². The van der Waals surface area contributed by atoms with E-state index in [9.17, 15) is 4.79 Å². The highest BCUT2D eigenvalue weighted by atomic mass is 16.4. The quantitative estimate of drug-likeness (QED) is 0.883. The fraction of sp³-hybridized carbons (Fsp3) is 0.500. The van der Waals surface area contributed by atoms with E-state index in [0.717, 1.165) is 0 Å². The fourth-order valence-corrected chi connectivity index (χ4v) is 2.25. The number of rotatable bonds is 4. The van der Waals surface area contributed by atoms with Gasteiger partial charge in [-0.2, -0.15) is 0 Å². The summed E-state index contributed by atoms with van der Waals surface area (Å²) in [5, 5.41) is 8.87. The number of carboxylic acid groups (broad SMARTS) is 1. The third-order valence-electron chi connectivity index (χ3n) is 3.70. The summed E-state index contributed by atoms with van der Waals surface area (Å²) >= 11 is 0. The summed E-state index contributed by atoms with van der Waals surface area (Å²) in [6.07, 6.45) is 0. The van der Waals surface area contributed by atoms with Gasteiger partial charge in [-0.1, -0.05) is 12.1 Å². The van der Waals surface area contributed by atoms with Gasteiger partial charge < -0.3 is 10.0 Å². The van der Waals surface area contributed by atoms with Crippen LogP contribution in [-0.2, 0) is 4.79 Å². The molecule has 18 heavy (non-hydrogen) atoms. The van der Waals surface area contributed by atoms with Crippen LogP contribution in [0, 0.1) is 5.92 Å². The standard InChI is InChI=1S/C14H20N2O2/c1-10(16-8-12(9-16)14(17)18)11-4-6-13(7-5-11)15(2)3/h4-7,10,12H,8-9H2,1-3H3,(H,17,18). The van der Waals surface area contributed by atoms with Crippen molar-refractivity contribution in [2.45, 2.75) is 13.0 Å². The van der Waals surface area contributed by atoms with E-state index in [1.807, 2.05) is 14.1 Å². The van der Waals surface area contributed by atoms with Crippen LogP contribution in [0.2, 0.25) is 0 Å². The van der Waals surface area contributed by atoms with E-state index < -0.39 is 5.97 Å². The van der Waals surface area contributed by atoms with Gasteiger partial charge in [0, 0.05) is 38.9 Å². The van der Waals surface area contributed by atoms with Crippen molar-refractivity contribution in [1.29, 1.82) is 0 Å². The molecular formula is C14H20N2O2. The summed E-state index contributed by atoms with van der Waals surface area (Å²) in [6, 6.07) is 8.72. The number of carbonyl (C=O) groups is 1. The van der Waals surface area contributed by atoms with E-state index >= 15 is 0 Å². The molecule has 1 heterocycles. The zero-order valence-corrected chi connectivity index (χ0v) is 11.1. The Bertz CT molecular complexity index is 422. The third-order valence-corrected chi connectivity index (χ3v) is 3.70. The molecule has 1 saturated heterocycles. The van der Waals surface area contributed by atoms with E-state index in [-0.39, 0.29) is 12.0 Å². The molecule has 0 bridgehead atoms. The normalized spacial score (nSPS) is 18.2. The van der Waals surface area contributed by atoms with Crippen molar-refractivity contribution < 1.29 is 9.90 Å². The van der Waals surface area contributed by atoms with Gasteiger partial charge in [-0.25, -0.2) is 0 Å². The Morgan fingerprint density at radius 1 is 1.33 bits per heavy atom. The Hall–Kier alpha value is -1.55. The number of benzene rings is 1. The molecule has 2 rings (SSSR count). The zero-order chi connectivity index (χ0) is 13.3. The van der Waals surface area contributed by atoms with Gasteiger partial charge in [0.25, 0.3) is 0 Å². The first-order valence-corrected chi connectivity index (χ1v) is 6.23. The molecule has 1 unspecified atom stereocenters. The summed E-state index contributed by atoms with van der Waals surface area (Å²) < 4.78 is 0. The van der Waals surface area contributed by atoms with Crippen molar-refractivity contribution >= 4 is 11.7 Å². The lowest BCUT2D eigenvalue weighted by Crippen LogP contribution is -2.51. The molecule has 0 radical (unpaired) electrons. The predicted molar refractivity (Wildman–Crippen MR) is 71.9 cm³/mol. The molecule has 0 aromatic heterocycles. The second-order valence-corrected chi connectivity index (χ2v) is 5.15. The first kappa shape index (κ1) is 12.9. The van der Waals surface area contributed by atoms with Crippen LogP contribution < -0.4 is 4.90 Å². The van der Waals surface area contributed by atoms with Crippen molar-refractivity contribution in [2.24, 2.45) is 5.92 Å². The SMILES string of the molecule is CC(c1ccc(N(C)C)cc1)N1CC(C(=O)O)C1. The lowest BCUT2D eigenvalue weighted by atomic mass is 9.95. The van der Waals surface area contributed by atoms with E-state index in [2.05, 4.69) is 41.0 Å². The minimum absolute atomic E-state index is 0.187. The van der Waals surface area contributed by atoms with Crippen LogP contribution in [0.25, 0.3) is 0 Å². The monoisotopic (exact) mass is 248 g/mol. The minimum atomic E-state index is -0.679. The Kier molecular flexibility index (Phi) is 3.57. The molecule has 1 aliphatic heterocycles. The average molecular weight is 248 g/mol. The maximum atomic E-state index is 10.8. The number of likely N-dealkylation sites (tertiary alicyclic amines) is 1. The third kappa shape index (κ3) is 2.48. The van der Waals surface area contributed by atoms with Crippen molar-refractivity contribution in [1.82, 2.24) is 4.90 Å². The molecule has 1 aromatic rings. The number of aliphatic carboxylic acids is 1. The molecular weight excluding hydrogens is 228 g/mol. The van der Waals surface area contributed by atoms with Gasteiger partial charge in [0.05, 0.1) is 5.92 Å². The Balaban J connectivity index is 1.98.